The van der Waals surface area contributed by atoms with Gasteiger partial charge in [0.05, 0.1) is 0 Å². The summed E-state index contributed by atoms with van der Waals surface area (Å²) in [5.74, 6) is 0. The molecule has 98 valence electrons. The molecule has 0 fully saturated rings. The molecule has 0 spiro atoms. The molecule has 17 heavy (non-hydrogen) atoms. The lowest BCUT2D eigenvalue weighted by Crippen LogP contribution is -2.40. The first-order chi connectivity index (χ1) is 7.59. The van der Waals surface area contributed by atoms with Crippen LogP contribution in [0.5, 0.6) is 0 Å². The first-order valence-electron chi connectivity index (χ1n) is 5.98. The van der Waals surface area contributed by atoms with Crippen LogP contribution in [-0.4, -0.2) is 12.1 Å². The third-order valence-corrected chi connectivity index (χ3v) is 3.27. The predicted molar refractivity (Wildman–Crippen MR) is 78.7 cm³/mol. The maximum Gasteiger partial charge on any atom is 0.0341 e. The second-order valence-corrected chi connectivity index (χ2v) is 4.37. The Balaban J connectivity index is 0.00000256. The van der Waals surface area contributed by atoms with Gasteiger partial charge >= 0.3 is 0 Å². The van der Waals surface area contributed by atoms with Crippen molar-refractivity contribution >= 4 is 23.8 Å². The number of nitrogens with one attached hydrogen (secondary N) is 1. The number of nitrogens with two attached hydrogens (primary N) is 2. The lowest BCUT2D eigenvalue weighted by molar-refractivity contribution is 0.376. The monoisotopic (exact) mass is 257 g/mol. The Hall–Kier alpha value is -0.930. The van der Waals surface area contributed by atoms with Crippen LogP contribution in [0, 0.1) is 0 Å². The van der Waals surface area contributed by atoms with Crippen LogP contribution in [-0.2, 0) is 0 Å². The third-order valence-electron chi connectivity index (χ3n) is 3.27. The van der Waals surface area contributed by atoms with Crippen LogP contribution in [0.1, 0.15) is 33.1 Å². The summed E-state index contributed by atoms with van der Waals surface area (Å²) in [6.45, 7) is 5.20. The average Bonchev–Trinajstić information content (AvgIpc) is 2.31. The fraction of sp³-hybridized carbons (Fsp3) is 0.538. The molecule has 0 saturated heterocycles. The topological polar surface area (TPSA) is 64.1 Å². The van der Waals surface area contributed by atoms with E-state index < -0.39 is 0 Å². The summed E-state index contributed by atoms with van der Waals surface area (Å²) >= 11 is 0. The molecule has 3 nitrogen and oxygen atoms in total. The van der Waals surface area contributed by atoms with E-state index in [0.717, 1.165) is 37.2 Å². The molecule has 1 aromatic rings. The van der Waals surface area contributed by atoms with E-state index in [1.165, 1.54) is 0 Å². The van der Waals surface area contributed by atoms with Crippen molar-refractivity contribution in [3.05, 3.63) is 24.3 Å². The number of benzene rings is 1. The molecule has 0 bridgehead atoms. The standard InChI is InChI=1S/C13H23N3.ClH/c1-3-13(15,4-2)9-10-16-12-7-5-11(14)6-8-12;/h5-8,16H,3-4,9-10,14-15H2,1-2H3;1H. The minimum atomic E-state index is -0.0270. The second-order valence-electron chi connectivity index (χ2n) is 4.37. The second kappa shape index (κ2) is 7.41. The van der Waals surface area contributed by atoms with Crippen LogP contribution in [0.15, 0.2) is 24.3 Å². The van der Waals surface area contributed by atoms with E-state index in [1.807, 2.05) is 24.3 Å². The van der Waals surface area contributed by atoms with Gasteiger partial charge < -0.3 is 16.8 Å². The van der Waals surface area contributed by atoms with Gasteiger partial charge in [-0.2, -0.15) is 0 Å². The summed E-state index contributed by atoms with van der Waals surface area (Å²) in [6.07, 6.45) is 3.03. The highest BCUT2D eigenvalue weighted by atomic mass is 35.5. The van der Waals surface area contributed by atoms with Crippen LogP contribution in [0.3, 0.4) is 0 Å². The van der Waals surface area contributed by atoms with E-state index in [2.05, 4.69) is 19.2 Å². The van der Waals surface area contributed by atoms with E-state index in [4.69, 9.17) is 11.5 Å². The normalized spacial score (nSPS) is 10.8. The van der Waals surface area contributed by atoms with Crippen molar-refractivity contribution in [3.8, 4) is 0 Å². The Labute approximate surface area is 110 Å². The highest BCUT2D eigenvalue weighted by molar-refractivity contribution is 5.85. The highest BCUT2D eigenvalue weighted by Crippen LogP contribution is 2.17. The van der Waals surface area contributed by atoms with Gasteiger partial charge in [-0.3, -0.25) is 0 Å². The molecule has 0 aliphatic carbocycles. The number of hydrogen-bond donors (Lipinski definition) is 3. The fourth-order valence-electron chi connectivity index (χ4n) is 1.66. The zero-order valence-electron chi connectivity index (χ0n) is 10.7. The van der Waals surface area contributed by atoms with Gasteiger partial charge in [-0.15, -0.1) is 12.4 Å². The highest BCUT2D eigenvalue weighted by Gasteiger charge is 2.18. The summed E-state index contributed by atoms with van der Waals surface area (Å²) in [4.78, 5) is 0. The number of hydrogen-bond acceptors (Lipinski definition) is 3. The minimum Gasteiger partial charge on any atom is -0.399 e. The molecule has 4 heteroatoms. The number of nitrogen functional groups attached to an aromatic ring is 1. The molecule has 0 saturated carbocycles. The summed E-state index contributed by atoms with van der Waals surface area (Å²) in [7, 11) is 0. The Morgan fingerprint density at radius 3 is 2.12 bits per heavy atom. The molecule has 0 unspecified atom stereocenters. The van der Waals surface area contributed by atoms with E-state index in [0.29, 0.717) is 0 Å². The zero-order chi connectivity index (χ0) is 12.0. The van der Waals surface area contributed by atoms with Gasteiger partial charge in [0.1, 0.15) is 0 Å². The SMILES string of the molecule is CCC(N)(CC)CCNc1ccc(N)cc1.Cl. The Morgan fingerprint density at radius 1 is 1.12 bits per heavy atom. The molecule has 1 rings (SSSR count). The molecule has 1 aromatic carbocycles. The third kappa shape index (κ3) is 5.29. The molecule has 0 aromatic heterocycles. The molecular weight excluding hydrogens is 234 g/mol. The first kappa shape index (κ1) is 16.1. The smallest absolute Gasteiger partial charge is 0.0341 e. The number of halogens is 1. The van der Waals surface area contributed by atoms with Crippen LogP contribution in [0.2, 0.25) is 0 Å². The van der Waals surface area contributed by atoms with Gasteiger partial charge in [-0.1, -0.05) is 13.8 Å². The Kier molecular flexibility index (Phi) is 7.00. The largest absolute Gasteiger partial charge is 0.399 e. The van der Waals surface area contributed by atoms with Gasteiger partial charge in [-0.05, 0) is 43.5 Å². The fourth-order valence-corrected chi connectivity index (χ4v) is 1.66. The molecule has 0 atom stereocenters. The van der Waals surface area contributed by atoms with Crippen molar-refractivity contribution in [2.75, 3.05) is 17.6 Å². The number of rotatable bonds is 6. The van der Waals surface area contributed by atoms with Crippen molar-refractivity contribution in [1.29, 1.82) is 0 Å². The van der Waals surface area contributed by atoms with Gasteiger partial charge in [0.15, 0.2) is 0 Å². The summed E-state index contributed by atoms with van der Waals surface area (Å²) in [6, 6.07) is 7.78. The van der Waals surface area contributed by atoms with E-state index in [1.54, 1.807) is 0 Å². The van der Waals surface area contributed by atoms with Crippen molar-refractivity contribution in [2.24, 2.45) is 5.73 Å². The Morgan fingerprint density at radius 2 is 1.65 bits per heavy atom. The molecule has 0 aliphatic rings. The van der Waals surface area contributed by atoms with Crippen molar-refractivity contribution < 1.29 is 0 Å². The van der Waals surface area contributed by atoms with Gasteiger partial charge in [-0.25, -0.2) is 0 Å². The van der Waals surface area contributed by atoms with Crippen molar-refractivity contribution in [2.45, 2.75) is 38.6 Å². The van der Waals surface area contributed by atoms with Gasteiger partial charge in [0.25, 0.3) is 0 Å². The van der Waals surface area contributed by atoms with Crippen LogP contribution < -0.4 is 16.8 Å². The quantitative estimate of drug-likeness (QED) is 0.687. The summed E-state index contributed by atoms with van der Waals surface area (Å²) in [5, 5.41) is 3.36. The van der Waals surface area contributed by atoms with E-state index in [9.17, 15) is 0 Å². The van der Waals surface area contributed by atoms with Crippen molar-refractivity contribution in [3.63, 3.8) is 0 Å². The first-order valence-corrected chi connectivity index (χ1v) is 5.98. The summed E-state index contributed by atoms with van der Waals surface area (Å²) < 4.78 is 0. The lowest BCUT2D eigenvalue weighted by Gasteiger charge is -2.26. The summed E-state index contributed by atoms with van der Waals surface area (Å²) in [5.41, 5.74) is 13.7. The molecule has 0 radical (unpaired) electrons. The van der Waals surface area contributed by atoms with E-state index >= 15 is 0 Å². The lowest BCUT2D eigenvalue weighted by atomic mass is 9.90. The molecular formula is C13H24ClN3. The Bertz CT molecular complexity index is 307. The predicted octanol–water partition coefficient (Wildman–Crippen LogP) is 3.01. The van der Waals surface area contributed by atoms with E-state index in [-0.39, 0.29) is 17.9 Å². The van der Waals surface area contributed by atoms with Crippen LogP contribution >= 0.6 is 12.4 Å². The molecule has 5 N–H and O–H groups in total. The molecule has 0 aliphatic heterocycles. The maximum atomic E-state index is 6.22. The molecule has 0 amide bonds. The number of anilines is 2. The zero-order valence-corrected chi connectivity index (χ0v) is 11.5. The van der Waals surface area contributed by atoms with Crippen LogP contribution in [0.4, 0.5) is 11.4 Å². The minimum absolute atomic E-state index is 0. The van der Waals surface area contributed by atoms with Gasteiger partial charge in [0, 0.05) is 23.5 Å². The molecule has 0 heterocycles. The average molecular weight is 258 g/mol. The maximum absolute atomic E-state index is 6.22. The van der Waals surface area contributed by atoms with Crippen LogP contribution in [0.25, 0.3) is 0 Å². The van der Waals surface area contributed by atoms with Crippen molar-refractivity contribution in [1.82, 2.24) is 0 Å². The van der Waals surface area contributed by atoms with Gasteiger partial charge in [0.2, 0.25) is 0 Å².